The highest BCUT2D eigenvalue weighted by Crippen LogP contribution is 2.38. The molecule has 0 aromatic rings. The van der Waals surface area contributed by atoms with Crippen LogP contribution in [0.25, 0.3) is 0 Å². The third-order valence-corrected chi connectivity index (χ3v) is 3.78. The average Bonchev–Trinajstić information content (AvgIpc) is 2.53. The van der Waals surface area contributed by atoms with Crippen LogP contribution in [0.15, 0.2) is 0 Å². The van der Waals surface area contributed by atoms with Gasteiger partial charge in [0.2, 0.25) is 5.91 Å². The molecule has 1 aliphatic carbocycles. The van der Waals surface area contributed by atoms with Gasteiger partial charge < -0.3 is 19.8 Å². The Hall–Kier alpha value is -0.650. The summed E-state index contributed by atoms with van der Waals surface area (Å²) >= 11 is 0. The molecule has 1 heterocycles. The van der Waals surface area contributed by atoms with E-state index >= 15 is 0 Å². The standard InChI is InChI=1S/C11H19NO4/c1-16-11(3-2-4-11)5-10(15)12-6-8(13)9(14)7-12/h8-9,13-14H,2-7H2,1H3. The molecule has 0 aromatic carbocycles. The minimum absolute atomic E-state index is 0.0304. The monoisotopic (exact) mass is 229 g/mol. The second kappa shape index (κ2) is 4.31. The van der Waals surface area contributed by atoms with Gasteiger partial charge in [0.15, 0.2) is 0 Å². The average molecular weight is 229 g/mol. The number of nitrogens with zero attached hydrogens (tertiary/aromatic N) is 1. The highest BCUT2D eigenvalue weighted by Gasteiger charge is 2.42. The molecular formula is C11H19NO4. The number of hydrogen-bond acceptors (Lipinski definition) is 4. The number of likely N-dealkylation sites (tertiary alicyclic amines) is 1. The minimum Gasteiger partial charge on any atom is -0.388 e. The summed E-state index contributed by atoms with van der Waals surface area (Å²) in [5.74, 6) is -0.0304. The molecule has 0 aromatic heterocycles. The molecule has 5 nitrogen and oxygen atoms in total. The Morgan fingerprint density at radius 1 is 1.38 bits per heavy atom. The van der Waals surface area contributed by atoms with E-state index in [0.29, 0.717) is 6.42 Å². The SMILES string of the molecule is COC1(CC(=O)N2CC(O)C(O)C2)CCC1. The van der Waals surface area contributed by atoms with E-state index in [4.69, 9.17) is 4.74 Å². The zero-order chi connectivity index (χ0) is 11.8. The number of β-amino-alcohol motifs (C(OH)–C–C–N with tert-alkyl or cyclic N) is 2. The Labute approximate surface area is 95.0 Å². The molecule has 0 radical (unpaired) electrons. The molecule has 0 spiro atoms. The van der Waals surface area contributed by atoms with Crippen molar-refractivity contribution in [2.75, 3.05) is 20.2 Å². The molecule has 5 heteroatoms. The number of methoxy groups -OCH3 is 1. The molecule has 2 unspecified atom stereocenters. The maximum atomic E-state index is 11.9. The summed E-state index contributed by atoms with van der Waals surface area (Å²) in [5, 5.41) is 18.7. The van der Waals surface area contributed by atoms with Crippen molar-refractivity contribution in [3.8, 4) is 0 Å². The number of ether oxygens (including phenoxy) is 1. The lowest BCUT2D eigenvalue weighted by atomic mass is 9.77. The highest BCUT2D eigenvalue weighted by molar-refractivity contribution is 5.78. The number of aliphatic hydroxyl groups is 2. The first-order chi connectivity index (χ1) is 7.56. The van der Waals surface area contributed by atoms with Crippen LogP contribution in [0.2, 0.25) is 0 Å². The molecule has 92 valence electrons. The molecule has 1 aliphatic heterocycles. The molecule has 2 rings (SSSR count). The van der Waals surface area contributed by atoms with Crippen molar-refractivity contribution in [3.05, 3.63) is 0 Å². The van der Waals surface area contributed by atoms with Gasteiger partial charge in [0, 0.05) is 20.2 Å². The van der Waals surface area contributed by atoms with E-state index in [-0.39, 0.29) is 24.6 Å². The van der Waals surface area contributed by atoms with Crippen LogP contribution in [0.5, 0.6) is 0 Å². The van der Waals surface area contributed by atoms with E-state index in [1.54, 1.807) is 7.11 Å². The molecule has 2 N–H and O–H groups in total. The van der Waals surface area contributed by atoms with Gasteiger partial charge in [-0.2, -0.15) is 0 Å². The summed E-state index contributed by atoms with van der Waals surface area (Å²) in [6.07, 6.45) is 1.71. The third kappa shape index (κ3) is 2.07. The van der Waals surface area contributed by atoms with Crippen LogP contribution >= 0.6 is 0 Å². The maximum Gasteiger partial charge on any atom is 0.225 e. The fourth-order valence-electron chi connectivity index (χ4n) is 2.38. The zero-order valence-electron chi connectivity index (χ0n) is 9.56. The van der Waals surface area contributed by atoms with Crippen molar-refractivity contribution in [2.45, 2.75) is 43.5 Å². The van der Waals surface area contributed by atoms with Crippen LogP contribution in [0.4, 0.5) is 0 Å². The summed E-state index contributed by atoms with van der Waals surface area (Å²) in [6, 6.07) is 0. The lowest BCUT2D eigenvalue weighted by molar-refractivity contribution is -0.143. The lowest BCUT2D eigenvalue weighted by Crippen LogP contribution is -2.45. The largest absolute Gasteiger partial charge is 0.388 e. The van der Waals surface area contributed by atoms with Crippen molar-refractivity contribution < 1.29 is 19.7 Å². The molecule has 0 bridgehead atoms. The van der Waals surface area contributed by atoms with Gasteiger partial charge in [-0.25, -0.2) is 0 Å². The Morgan fingerprint density at radius 3 is 2.31 bits per heavy atom. The smallest absolute Gasteiger partial charge is 0.225 e. The zero-order valence-corrected chi connectivity index (χ0v) is 9.56. The normalized spacial score (nSPS) is 32.6. The maximum absolute atomic E-state index is 11.9. The first-order valence-electron chi connectivity index (χ1n) is 5.75. The van der Waals surface area contributed by atoms with Gasteiger partial charge in [-0.15, -0.1) is 0 Å². The van der Waals surface area contributed by atoms with Crippen LogP contribution in [0.1, 0.15) is 25.7 Å². The summed E-state index contributed by atoms with van der Waals surface area (Å²) in [5.41, 5.74) is -0.282. The van der Waals surface area contributed by atoms with Gasteiger partial charge in [0.05, 0.1) is 24.2 Å². The minimum atomic E-state index is -0.802. The number of amides is 1. The predicted octanol–water partition coefficient (Wildman–Crippen LogP) is -0.490. The van der Waals surface area contributed by atoms with E-state index < -0.39 is 12.2 Å². The molecule has 1 saturated heterocycles. The molecule has 2 fully saturated rings. The summed E-state index contributed by atoms with van der Waals surface area (Å²) < 4.78 is 5.39. The predicted molar refractivity (Wildman–Crippen MR) is 56.8 cm³/mol. The van der Waals surface area contributed by atoms with Crippen molar-refractivity contribution in [1.82, 2.24) is 4.90 Å². The number of carbonyl (C=O) groups is 1. The van der Waals surface area contributed by atoms with E-state index in [9.17, 15) is 15.0 Å². The van der Waals surface area contributed by atoms with Crippen LogP contribution in [-0.2, 0) is 9.53 Å². The summed E-state index contributed by atoms with van der Waals surface area (Å²) in [4.78, 5) is 13.4. The Balaban J connectivity index is 1.89. The Bertz CT molecular complexity index is 262. The fraction of sp³-hybridized carbons (Fsp3) is 0.909. The molecule has 2 aliphatic rings. The Kier molecular flexibility index (Phi) is 3.19. The molecule has 1 amide bonds. The first kappa shape index (κ1) is 11.8. The lowest BCUT2D eigenvalue weighted by Gasteiger charge is -2.40. The Morgan fingerprint density at radius 2 is 1.94 bits per heavy atom. The van der Waals surface area contributed by atoms with Crippen molar-refractivity contribution in [3.63, 3.8) is 0 Å². The fourth-order valence-corrected chi connectivity index (χ4v) is 2.38. The third-order valence-electron chi connectivity index (χ3n) is 3.78. The van der Waals surface area contributed by atoms with Gasteiger partial charge in [0.25, 0.3) is 0 Å². The number of hydrogen-bond donors (Lipinski definition) is 2. The summed E-state index contributed by atoms with van der Waals surface area (Å²) in [6.45, 7) is 0.472. The van der Waals surface area contributed by atoms with E-state index in [1.165, 1.54) is 4.90 Å². The van der Waals surface area contributed by atoms with Crippen LogP contribution in [0.3, 0.4) is 0 Å². The molecule has 2 atom stereocenters. The van der Waals surface area contributed by atoms with Crippen molar-refractivity contribution in [1.29, 1.82) is 0 Å². The quantitative estimate of drug-likeness (QED) is 0.685. The first-order valence-corrected chi connectivity index (χ1v) is 5.75. The van der Waals surface area contributed by atoms with Gasteiger partial charge in [-0.1, -0.05) is 0 Å². The highest BCUT2D eigenvalue weighted by atomic mass is 16.5. The number of rotatable bonds is 3. The van der Waals surface area contributed by atoms with Crippen LogP contribution in [-0.4, -0.2) is 59.0 Å². The molecular weight excluding hydrogens is 210 g/mol. The van der Waals surface area contributed by atoms with Crippen LogP contribution in [0, 0.1) is 0 Å². The topological polar surface area (TPSA) is 70.0 Å². The molecule has 1 saturated carbocycles. The van der Waals surface area contributed by atoms with Gasteiger partial charge in [-0.05, 0) is 19.3 Å². The van der Waals surface area contributed by atoms with Crippen molar-refractivity contribution >= 4 is 5.91 Å². The molecule has 16 heavy (non-hydrogen) atoms. The second-order valence-corrected chi connectivity index (χ2v) is 4.85. The van der Waals surface area contributed by atoms with E-state index in [2.05, 4.69) is 0 Å². The van der Waals surface area contributed by atoms with Crippen molar-refractivity contribution in [2.24, 2.45) is 0 Å². The van der Waals surface area contributed by atoms with E-state index in [1.807, 2.05) is 0 Å². The van der Waals surface area contributed by atoms with Crippen LogP contribution < -0.4 is 0 Å². The second-order valence-electron chi connectivity index (χ2n) is 4.85. The summed E-state index contributed by atoms with van der Waals surface area (Å²) in [7, 11) is 1.64. The van der Waals surface area contributed by atoms with Gasteiger partial charge in [0.1, 0.15) is 0 Å². The van der Waals surface area contributed by atoms with E-state index in [0.717, 1.165) is 19.3 Å². The van der Waals surface area contributed by atoms with Gasteiger partial charge >= 0.3 is 0 Å². The van der Waals surface area contributed by atoms with Gasteiger partial charge in [-0.3, -0.25) is 4.79 Å². The number of carbonyl (C=O) groups excluding carboxylic acids is 1. The number of aliphatic hydroxyl groups excluding tert-OH is 2.